The van der Waals surface area contributed by atoms with Gasteiger partial charge in [0.2, 0.25) is 0 Å². The van der Waals surface area contributed by atoms with Crippen molar-refractivity contribution in [3.8, 4) is 0 Å². The minimum atomic E-state index is -0.934. The Morgan fingerprint density at radius 2 is 1.95 bits per heavy atom. The minimum Gasteiger partial charge on any atom is -0.333 e. The predicted molar refractivity (Wildman–Crippen MR) is 80.7 cm³/mol. The van der Waals surface area contributed by atoms with E-state index in [-0.39, 0.29) is 11.6 Å². The monoisotopic (exact) mass is 282 g/mol. The molecule has 0 aliphatic rings. The van der Waals surface area contributed by atoms with Gasteiger partial charge in [-0.3, -0.25) is 4.21 Å². The molecule has 19 heavy (non-hydrogen) atoms. The van der Waals surface area contributed by atoms with Crippen molar-refractivity contribution >= 4 is 22.5 Å². The number of carbonyl (C=O) groups excluding carboxylic acids is 1. The van der Waals surface area contributed by atoms with Gasteiger partial charge in [0.25, 0.3) is 0 Å². The number of anilines is 1. The molecule has 5 heteroatoms. The molecule has 0 aliphatic heterocycles. The van der Waals surface area contributed by atoms with Crippen LogP contribution >= 0.6 is 0 Å². The highest BCUT2D eigenvalue weighted by atomic mass is 32.2. The van der Waals surface area contributed by atoms with Crippen LogP contribution in [-0.4, -0.2) is 22.0 Å². The van der Waals surface area contributed by atoms with Gasteiger partial charge in [0.1, 0.15) is 0 Å². The van der Waals surface area contributed by atoms with E-state index < -0.39 is 10.8 Å². The minimum absolute atomic E-state index is 0.235. The Kier molecular flexibility index (Phi) is 5.54. The fourth-order valence-corrected chi connectivity index (χ4v) is 2.23. The molecular weight excluding hydrogens is 260 g/mol. The van der Waals surface area contributed by atoms with Crippen molar-refractivity contribution in [1.29, 1.82) is 0 Å². The Labute approximate surface area is 117 Å². The summed E-state index contributed by atoms with van der Waals surface area (Å²) in [7, 11) is -0.934. The van der Waals surface area contributed by atoms with E-state index in [2.05, 4.69) is 10.6 Å². The molecular formula is C14H22N2O2S. The molecule has 1 aromatic carbocycles. The maximum atomic E-state index is 11.9. The summed E-state index contributed by atoms with van der Waals surface area (Å²) in [5.41, 5.74) is 1.35. The van der Waals surface area contributed by atoms with Crippen molar-refractivity contribution in [2.45, 2.75) is 38.5 Å². The average molecular weight is 282 g/mol. The summed E-state index contributed by atoms with van der Waals surface area (Å²) in [4.78, 5) is 11.9. The first kappa shape index (κ1) is 15.7. The van der Waals surface area contributed by atoms with Crippen LogP contribution in [0.3, 0.4) is 0 Å². The molecule has 0 unspecified atom stereocenters. The molecule has 0 heterocycles. The first-order valence-corrected chi connectivity index (χ1v) is 8.04. The molecule has 0 saturated heterocycles. The number of carbonyl (C=O) groups is 1. The van der Waals surface area contributed by atoms with E-state index >= 15 is 0 Å². The number of hydrogen-bond acceptors (Lipinski definition) is 2. The summed E-state index contributed by atoms with van der Waals surface area (Å²) in [5.74, 6) is 0.438. The molecule has 2 amide bonds. The van der Waals surface area contributed by atoms with Crippen LogP contribution in [0.4, 0.5) is 10.5 Å². The van der Waals surface area contributed by atoms with E-state index in [0.717, 1.165) is 12.0 Å². The Morgan fingerprint density at radius 1 is 1.32 bits per heavy atom. The lowest BCUT2D eigenvalue weighted by atomic mass is 10.0. The molecule has 0 radical (unpaired) electrons. The van der Waals surface area contributed by atoms with Crippen molar-refractivity contribution in [2.75, 3.05) is 11.6 Å². The lowest BCUT2D eigenvalue weighted by molar-refractivity contribution is 0.240. The van der Waals surface area contributed by atoms with Gasteiger partial charge in [-0.1, -0.05) is 25.1 Å². The van der Waals surface area contributed by atoms with Gasteiger partial charge in [-0.05, 0) is 31.9 Å². The molecule has 106 valence electrons. The molecule has 0 aromatic heterocycles. The first-order valence-electron chi connectivity index (χ1n) is 6.31. The highest BCUT2D eigenvalue weighted by molar-refractivity contribution is 7.83. The Hall–Kier alpha value is -1.36. The van der Waals surface area contributed by atoms with Crippen LogP contribution in [0.25, 0.3) is 0 Å². The van der Waals surface area contributed by atoms with Gasteiger partial charge in [-0.2, -0.15) is 0 Å². The summed E-state index contributed by atoms with van der Waals surface area (Å²) >= 11 is 0. The van der Waals surface area contributed by atoms with Crippen molar-refractivity contribution in [3.05, 3.63) is 29.8 Å². The first-order chi connectivity index (χ1) is 8.84. The zero-order valence-electron chi connectivity index (χ0n) is 11.9. The number of hydrogen-bond donors (Lipinski definition) is 2. The summed E-state index contributed by atoms with van der Waals surface area (Å²) in [5, 5.41) is 5.73. The maximum absolute atomic E-state index is 11.9. The lowest BCUT2D eigenvalue weighted by Gasteiger charge is -2.24. The van der Waals surface area contributed by atoms with Crippen molar-refractivity contribution < 1.29 is 9.00 Å². The molecule has 0 fully saturated rings. The Bertz CT molecular complexity index is 472. The molecule has 0 saturated carbocycles. The van der Waals surface area contributed by atoms with Crippen LogP contribution in [0.1, 0.15) is 32.8 Å². The second kappa shape index (κ2) is 6.70. The quantitative estimate of drug-likeness (QED) is 0.872. The number of nitrogens with one attached hydrogen (secondary N) is 2. The van der Waals surface area contributed by atoms with Crippen molar-refractivity contribution in [1.82, 2.24) is 5.32 Å². The van der Waals surface area contributed by atoms with E-state index in [1.165, 1.54) is 0 Å². The normalized spacial score (nSPS) is 12.8. The maximum Gasteiger partial charge on any atom is 0.319 e. The van der Waals surface area contributed by atoms with Crippen LogP contribution < -0.4 is 10.6 Å². The number of amides is 2. The SMILES string of the molecule is CCC(C)(C)NC(=O)Nc1ccccc1C[S@@](C)=O. The third-order valence-corrected chi connectivity index (χ3v) is 3.68. The largest absolute Gasteiger partial charge is 0.333 e. The molecule has 4 nitrogen and oxygen atoms in total. The molecule has 2 N–H and O–H groups in total. The van der Waals surface area contributed by atoms with Crippen LogP contribution in [0.5, 0.6) is 0 Å². The van der Waals surface area contributed by atoms with Crippen molar-refractivity contribution in [3.63, 3.8) is 0 Å². The van der Waals surface area contributed by atoms with E-state index in [4.69, 9.17) is 0 Å². The van der Waals surface area contributed by atoms with E-state index in [1.807, 2.05) is 45.0 Å². The van der Waals surface area contributed by atoms with E-state index in [1.54, 1.807) is 6.26 Å². The third kappa shape index (κ3) is 5.42. The average Bonchev–Trinajstić information content (AvgIpc) is 2.30. The molecule has 1 aromatic rings. The topological polar surface area (TPSA) is 58.2 Å². The number of benzene rings is 1. The van der Waals surface area contributed by atoms with Crippen LogP contribution in [-0.2, 0) is 16.6 Å². The summed E-state index contributed by atoms with van der Waals surface area (Å²) < 4.78 is 11.3. The summed E-state index contributed by atoms with van der Waals surface area (Å²) in [6.07, 6.45) is 2.50. The van der Waals surface area contributed by atoms with Gasteiger partial charge < -0.3 is 10.6 Å². The smallest absolute Gasteiger partial charge is 0.319 e. The predicted octanol–water partition coefficient (Wildman–Crippen LogP) is 2.88. The fourth-order valence-electron chi connectivity index (χ4n) is 1.54. The summed E-state index contributed by atoms with van der Waals surface area (Å²) in [6.45, 7) is 5.97. The third-order valence-electron chi connectivity index (χ3n) is 2.96. The molecule has 0 aliphatic carbocycles. The van der Waals surface area contributed by atoms with Crippen LogP contribution in [0.2, 0.25) is 0 Å². The Balaban J connectivity index is 2.76. The van der Waals surface area contributed by atoms with E-state index in [9.17, 15) is 9.00 Å². The van der Waals surface area contributed by atoms with Gasteiger partial charge in [-0.15, -0.1) is 0 Å². The molecule has 0 bridgehead atoms. The van der Waals surface area contributed by atoms with Gasteiger partial charge in [-0.25, -0.2) is 4.79 Å². The van der Waals surface area contributed by atoms with Gasteiger partial charge >= 0.3 is 6.03 Å². The van der Waals surface area contributed by atoms with Crippen LogP contribution in [0, 0.1) is 0 Å². The molecule has 1 atom stereocenters. The molecule has 1 rings (SSSR count). The van der Waals surface area contributed by atoms with Crippen LogP contribution in [0.15, 0.2) is 24.3 Å². The standard InChI is InChI=1S/C14H22N2O2S/c1-5-14(2,3)16-13(17)15-12-9-7-6-8-11(12)10-19(4)18/h6-9H,5,10H2,1-4H3,(H2,15,16,17)/t19-/m1/s1. The fraction of sp³-hybridized carbons (Fsp3) is 0.500. The zero-order chi connectivity index (χ0) is 14.5. The highest BCUT2D eigenvalue weighted by Gasteiger charge is 2.18. The highest BCUT2D eigenvalue weighted by Crippen LogP contribution is 2.17. The zero-order valence-corrected chi connectivity index (χ0v) is 12.8. The Morgan fingerprint density at radius 3 is 2.53 bits per heavy atom. The van der Waals surface area contributed by atoms with Gasteiger partial charge in [0, 0.05) is 28.3 Å². The number of urea groups is 1. The second-order valence-electron chi connectivity index (χ2n) is 5.19. The van der Waals surface area contributed by atoms with E-state index in [0.29, 0.717) is 11.4 Å². The molecule has 0 spiro atoms. The lowest BCUT2D eigenvalue weighted by Crippen LogP contribution is -2.45. The summed E-state index contributed by atoms with van der Waals surface area (Å²) in [6, 6.07) is 7.19. The number of rotatable bonds is 5. The van der Waals surface area contributed by atoms with Crippen molar-refractivity contribution in [2.24, 2.45) is 0 Å². The number of para-hydroxylation sites is 1. The second-order valence-corrected chi connectivity index (χ2v) is 6.63. The van der Waals surface area contributed by atoms with Gasteiger partial charge in [0.15, 0.2) is 0 Å². The van der Waals surface area contributed by atoms with Gasteiger partial charge in [0.05, 0.1) is 5.75 Å².